The van der Waals surface area contributed by atoms with Gasteiger partial charge in [-0.1, -0.05) is 0 Å². The molecule has 13 nitrogen and oxygen atoms in total. The Morgan fingerprint density at radius 1 is 0.842 bits per heavy atom. The molecule has 2 heterocycles. The average Bonchev–Trinajstić information content (AvgIpc) is 2.92. The van der Waals surface area contributed by atoms with E-state index in [2.05, 4.69) is 0 Å². The number of aliphatic hydroxyl groups excluding tert-OH is 4. The van der Waals surface area contributed by atoms with Gasteiger partial charge in [0.25, 0.3) is 0 Å². The molecule has 1 saturated heterocycles. The van der Waals surface area contributed by atoms with E-state index in [-0.39, 0.29) is 56.8 Å². The number of aromatic hydroxyl groups is 1. The number of aliphatic hydroxyl groups is 4. The van der Waals surface area contributed by atoms with Crippen molar-refractivity contribution in [3.63, 3.8) is 0 Å². The van der Waals surface area contributed by atoms with Gasteiger partial charge in [-0.25, -0.2) is 0 Å². The van der Waals surface area contributed by atoms with Gasteiger partial charge in [-0.15, -0.1) is 0 Å². The van der Waals surface area contributed by atoms with Crippen LogP contribution in [-0.2, 0) is 4.74 Å². The molecule has 13 heteroatoms. The Bertz CT molecular complexity index is 1370. The van der Waals surface area contributed by atoms with Crippen LogP contribution in [0.4, 0.5) is 0 Å². The summed E-state index contributed by atoms with van der Waals surface area (Å²) in [5.74, 6) is -0.0414. The highest BCUT2D eigenvalue weighted by Crippen LogP contribution is 2.46. The van der Waals surface area contributed by atoms with Crippen molar-refractivity contribution in [1.82, 2.24) is 0 Å². The standard InChI is InChI=1S/C25H28O13/c1-32-15-8-14(37-25-20(31)19(30)18(29)16(9-26)38-25)17-12(28)7-13(36-24(17)23(15)35-4)10-5-6-11(27)22(34-3)21(10)33-2/h5-8,16,18-20,25-27,29-31H,9H2,1-4H3/t16-,18+,19-,20-,25-/m1/s1. The number of hydrogen-bond acceptors (Lipinski definition) is 13. The molecule has 0 amide bonds. The van der Waals surface area contributed by atoms with Crippen LogP contribution in [0.5, 0.6) is 34.5 Å². The number of fused-ring (bicyclic) bond motifs is 1. The van der Waals surface area contributed by atoms with Crippen LogP contribution in [0.1, 0.15) is 0 Å². The Hall–Kier alpha value is -3.75. The third-order valence-corrected chi connectivity index (χ3v) is 6.17. The summed E-state index contributed by atoms with van der Waals surface area (Å²) in [6.07, 6.45) is -7.83. The molecule has 0 spiro atoms. The summed E-state index contributed by atoms with van der Waals surface area (Å²) < 4.78 is 38.7. The summed E-state index contributed by atoms with van der Waals surface area (Å²) in [6.45, 7) is -0.666. The quantitative estimate of drug-likeness (QED) is 0.266. The number of methoxy groups -OCH3 is 4. The summed E-state index contributed by atoms with van der Waals surface area (Å²) in [5, 5.41) is 50.1. The minimum atomic E-state index is -1.73. The number of benzene rings is 2. The average molecular weight is 536 g/mol. The largest absolute Gasteiger partial charge is 0.504 e. The van der Waals surface area contributed by atoms with E-state index in [4.69, 9.17) is 32.8 Å². The lowest BCUT2D eigenvalue weighted by atomic mass is 9.99. The van der Waals surface area contributed by atoms with E-state index < -0.39 is 42.7 Å². The Kier molecular flexibility index (Phi) is 7.85. The first-order valence-electron chi connectivity index (χ1n) is 11.3. The summed E-state index contributed by atoms with van der Waals surface area (Å²) in [6, 6.07) is 5.28. The first-order chi connectivity index (χ1) is 18.2. The highest BCUT2D eigenvalue weighted by Gasteiger charge is 2.45. The van der Waals surface area contributed by atoms with Gasteiger partial charge in [0.1, 0.15) is 41.3 Å². The molecule has 0 aliphatic carbocycles. The molecule has 0 saturated carbocycles. The lowest BCUT2D eigenvalue weighted by Crippen LogP contribution is -2.60. The van der Waals surface area contributed by atoms with Crippen LogP contribution >= 0.6 is 0 Å². The van der Waals surface area contributed by atoms with Gasteiger partial charge in [0.2, 0.25) is 17.8 Å². The minimum Gasteiger partial charge on any atom is -0.504 e. The molecule has 0 radical (unpaired) electrons. The van der Waals surface area contributed by atoms with Crippen LogP contribution in [0.2, 0.25) is 0 Å². The summed E-state index contributed by atoms with van der Waals surface area (Å²) >= 11 is 0. The number of ether oxygens (including phenoxy) is 6. The van der Waals surface area contributed by atoms with Crippen molar-refractivity contribution in [1.29, 1.82) is 0 Å². The highest BCUT2D eigenvalue weighted by molar-refractivity contribution is 5.92. The van der Waals surface area contributed by atoms with Gasteiger partial charge in [0, 0.05) is 12.1 Å². The summed E-state index contributed by atoms with van der Waals surface area (Å²) in [7, 11) is 5.38. The van der Waals surface area contributed by atoms with Crippen molar-refractivity contribution in [2.24, 2.45) is 0 Å². The maximum Gasteiger partial charge on any atom is 0.229 e. The number of phenols is 1. The van der Waals surface area contributed by atoms with E-state index in [1.165, 1.54) is 46.6 Å². The predicted octanol–water partition coefficient (Wildman–Crippen LogP) is 0.379. The fraction of sp³-hybridized carbons (Fsp3) is 0.400. The normalized spacial score (nSPS) is 23.2. The minimum absolute atomic E-state index is 0.0250. The second kappa shape index (κ2) is 10.9. The first kappa shape index (κ1) is 27.3. The second-order valence-corrected chi connectivity index (χ2v) is 8.30. The third-order valence-electron chi connectivity index (χ3n) is 6.17. The zero-order chi connectivity index (χ0) is 27.7. The Labute approximate surface area is 215 Å². The van der Waals surface area contributed by atoms with Gasteiger partial charge < -0.3 is 58.4 Å². The van der Waals surface area contributed by atoms with Crippen LogP contribution in [-0.4, -0.2) is 91.3 Å². The topological polar surface area (TPSA) is 187 Å². The Morgan fingerprint density at radius 3 is 2.13 bits per heavy atom. The number of rotatable bonds is 8. The molecule has 5 atom stereocenters. The smallest absolute Gasteiger partial charge is 0.229 e. The van der Waals surface area contributed by atoms with Gasteiger partial charge >= 0.3 is 0 Å². The van der Waals surface area contributed by atoms with Crippen molar-refractivity contribution in [2.75, 3.05) is 35.0 Å². The van der Waals surface area contributed by atoms with Gasteiger partial charge in [0.15, 0.2) is 28.3 Å². The van der Waals surface area contributed by atoms with E-state index in [0.29, 0.717) is 0 Å². The maximum atomic E-state index is 13.5. The van der Waals surface area contributed by atoms with Gasteiger partial charge in [-0.05, 0) is 12.1 Å². The van der Waals surface area contributed by atoms with E-state index in [1.807, 2.05) is 0 Å². The lowest BCUT2D eigenvalue weighted by molar-refractivity contribution is -0.277. The zero-order valence-corrected chi connectivity index (χ0v) is 20.9. The zero-order valence-electron chi connectivity index (χ0n) is 20.9. The molecule has 1 aliphatic rings. The maximum absolute atomic E-state index is 13.5. The van der Waals surface area contributed by atoms with Crippen LogP contribution in [0.15, 0.2) is 33.5 Å². The number of phenolic OH excluding ortho intramolecular Hbond substituents is 1. The SMILES string of the molecule is COc1cc(O[C@@H]2O[C@H](CO)[C@H](O)[C@@H](O)[C@H]2O)c2c(=O)cc(-c3ccc(O)c(OC)c3OC)oc2c1OC. The molecule has 1 aliphatic heterocycles. The molecule has 1 aromatic heterocycles. The molecular formula is C25H28O13. The molecule has 3 aromatic rings. The van der Waals surface area contributed by atoms with Gasteiger partial charge in [-0.2, -0.15) is 0 Å². The molecule has 4 rings (SSSR count). The van der Waals surface area contributed by atoms with Gasteiger partial charge in [0.05, 0.1) is 40.6 Å². The molecular weight excluding hydrogens is 508 g/mol. The Morgan fingerprint density at radius 2 is 1.53 bits per heavy atom. The molecule has 38 heavy (non-hydrogen) atoms. The molecule has 206 valence electrons. The molecule has 1 fully saturated rings. The fourth-order valence-corrected chi connectivity index (χ4v) is 4.26. The van der Waals surface area contributed by atoms with Crippen molar-refractivity contribution in [3.8, 4) is 45.8 Å². The fourth-order valence-electron chi connectivity index (χ4n) is 4.26. The van der Waals surface area contributed by atoms with Crippen LogP contribution in [0.25, 0.3) is 22.3 Å². The van der Waals surface area contributed by atoms with Crippen LogP contribution in [0.3, 0.4) is 0 Å². The van der Waals surface area contributed by atoms with Crippen molar-refractivity contribution >= 4 is 11.0 Å². The number of hydrogen-bond donors (Lipinski definition) is 5. The third kappa shape index (κ3) is 4.54. The molecule has 5 N–H and O–H groups in total. The summed E-state index contributed by atoms with van der Waals surface area (Å²) in [4.78, 5) is 13.5. The van der Waals surface area contributed by atoms with Crippen molar-refractivity contribution in [2.45, 2.75) is 30.7 Å². The molecule has 2 aromatic carbocycles. The summed E-state index contributed by atoms with van der Waals surface area (Å²) in [5.41, 5.74) is -0.415. The van der Waals surface area contributed by atoms with E-state index in [1.54, 1.807) is 0 Å². The van der Waals surface area contributed by atoms with Crippen molar-refractivity contribution < 1.29 is 58.4 Å². The van der Waals surface area contributed by atoms with Crippen LogP contribution < -0.4 is 29.1 Å². The van der Waals surface area contributed by atoms with Gasteiger partial charge in [-0.3, -0.25) is 4.79 Å². The molecule has 0 bridgehead atoms. The van der Waals surface area contributed by atoms with E-state index in [0.717, 1.165) is 6.07 Å². The Balaban J connectivity index is 1.91. The molecule has 0 unspecified atom stereocenters. The first-order valence-corrected chi connectivity index (χ1v) is 11.3. The second-order valence-electron chi connectivity index (χ2n) is 8.30. The van der Waals surface area contributed by atoms with Crippen molar-refractivity contribution in [3.05, 3.63) is 34.5 Å². The van der Waals surface area contributed by atoms with E-state index >= 15 is 0 Å². The predicted molar refractivity (Wildman–Crippen MR) is 130 cm³/mol. The van der Waals surface area contributed by atoms with Crippen LogP contribution in [0, 0.1) is 0 Å². The van der Waals surface area contributed by atoms with E-state index in [9.17, 15) is 30.3 Å². The lowest BCUT2D eigenvalue weighted by Gasteiger charge is -2.39. The highest BCUT2D eigenvalue weighted by atomic mass is 16.7. The monoisotopic (exact) mass is 536 g/mol.